The molecule has 64 valence electrons. The van der Waals surface area contributed by atoms with Gasteiger partial charge in [-0.1, -0.05) is 0 Å². The third kappa shape index (κ3) is 2.69. The molecule has 3 unspecified atom stereocenters. The van der Waals surface area contributed by atoms with Gasteiger partial charge in [0.05, 0.1) is 18.8 Å². The van der Waals surface area contributed by atoms with Crippen LogP contribution in [0.5, 0.6) is 0 Å². The first-order valence-electron chi connectivity index (χ1n) is 3.10. The fraction of sp³-hybridized carbons (Fsp3) is 0.833. The molecule has 0 spiro atoms. The molecule has 1 aliphatic rings. The molecule has 0 aromatic rings. The average molecular weight is 385 g/mol. The maximum Gasteiger partial charge on any atom is 0.0796 e. The van der Waals surface area contributed by atoms with Gasteiger partial charge in [0.1, 0.15) is 0 Å². The van der Waals surface area contributed by atoms with E-state index in [1.165, 1.54) is 13.7 Å². The average Bonchev–Trinajstić information content (AvgIpc) is 2.30. The minimum absolute atomic E-state index is 0. The topological polar surface area (TPSA) is 58.9 Å². The van der Waals surface area contributed by atoms with Crippen molar-refractivity contribution < 1.29 is 50.8 Å². The zero-order chi connectivity index (χ0) is 7.56. The Kier molecular flexibility index (Phi) is 5.97. The van der Waals surface area contributed by atoms with Gasteiger partial charge in [0, 0.05) is 38.2 Å². The monoisotopic (exact) mass is 385 g/mol. The van der Waals surface area contributed by atoms with Crippen LogP contribution in [0.1, 0.15) is 0 Å². The van der Waals surface area contributed by atoms with Crippen LogP contribution in [0.2, 0.25) is 0 Å². The van der Waals surface area contributed by atoms with Crippen LogP contribution < -0.4 is 0 Å². The third-order valence-electron chi connectivity index (χ3n) is 1.56. The molecule has 0 amide bonds. The zero-order valence-corrected chi connectivity index (χ0v) is 10.4. The fourth-order valence-electron chi connectivity index (χ4n) is 0.897. The van der Waals surface area contributed by atoms with Crippen molar-refractivity contribution in [2.75, 3.05) is 13.7 Å². The van der Waals surface area contributed by atoms with Crippen LogP contribution in [0.25, 0.3) is 0 Å². The summed E-state index contributed by atoms with van der Waals surface area (Å²) in [5, 5.41) is 17.8. The van der Waals surface area contributed by atoms with E-state index in [1.807, 2.05) is 0 Å². The summed E-state index contributed by atoms with van der Waals surface area (Å²) in [4.78, 5) is 0. The van der Waals surface area contributed by atoms with Crippen LogP contribution in [-0.4, -0.2) is 42.2 Å². The second kappa shape index (κ2) is 5.52. The van der Waals surface area contributed by atoms with Crippen molar-refractivity contribution in [3.05, 3.63) is 6.61 Å². The van der Waals surface area contributed by atoms with Gasteiger partial charge in [-0.2, -0.15) is 6.61 Å². The van der Waals surface area contributed by atoms with Gasteiger partial charge in [0.2, 0.25) is 0 Å². The summed E-state index contributed by atoms with van der Waals surface area (Å²) in [7, 11) is 1.48. The number of hydrogen-bond donors (Lipinski definition) is 2. The SMILES string of the molecule is COC1[CH-]OC(CO)C1O.[U]. The molecule has 3 atom stereocenters. The predicted molar refractivity (Wildman–Crippen MR) is 33.1 cm³/mol. The van der Waals surface area contributed by atoms with Gasteiger partial charge in [-0.25, -0.2) is 0 Å². The molecule has 0 aromatic carbocycles. The summed E-state index contributed by atoms with van der Waals surface area (Å²) in [5.74, 6) is 0. The van der Waals surface area contributed by atoms with Gasteiger partial charge >= 0.3 is 0 Å². The summed E-state index contributed by atoms with van der Waals surface area (Å²) in [6, 6.07) is 0. The van der Waals surface area contributed by atoms with E-state index in [-0.39, 0.29) is 37.7 Å². The molecule has 1 heterocycles. The molecule has 1 rings (SSSR count). The van der Waals surface area contributed by atoms with Crippen molar-refractivity contribution in [2.45, 2.75) is 18.3 Å². The number of ether oxygens (including phenoxy) is 2. The van der Waals surface area contributed by atoms with E-state index in [0.29, 0.717) is 0 Å². The van der Waals surface area contributed by atoms with Gasteiger partial charge in [0.25, 0.3) is 0 Å². The van der Waals surface area contributed by atoms with Crippen LogP contribution >= 0.6 is 0 Å². The molecule has 2 N–H and O–H groups in total. The minimum Gasteiger partial charge on any atom is -0.544 e. The number of rotatable bonds is 2. The Bertz CT molecular complexity index is 98.8. The van der Waals surface area contributed by atoms with E-state index in [1.54, 1.807) is 0 Å². The molecule has 11 heavy (non-hydrogen) atoms. The molecule has 0 aliphatic carbocycles. The summed E-state index contributed by atoms with van der Waals surface area (Å²) in [6.45, 7) is 1.21. The first kappa shape index (κ1) is 11.9. The van der Waals surface area contributed by atoms with Gasteiger partial charge in [-0.05, 0) is 6.10 Å². The van der Waals surface area contributed by atoms with Crippen molar-refractivity contribution in [3.63, 3.8) is 0 Å². The second-order valence-electron chi connectivity index (χ2n) is 2.18. The molecule has 0 aromatic heterocycles. The molecule has 5 heteroatoms. The zero-order valence-electron chi connectivity index (χ0n) is 6.23. The molecular weight excluding hydrogens is 374 g/mol. The number of hydrogen-bond acceptors (Lipinski definition) is 4. The Morgan fingerprint density at radius 1 is 1.64 bits per heavy atom. The Morgan fingerprint density at radius 2 is 2.27 bits per heavy atom. The number of aliphatic hydroxyl groups excluding tert-OH is 2. The van der Waals surface area contributed by atoms with E-state index in [4.69, 9.17) is 14.6 Å². The van der Waals surface area contributed by atoms with Gasteiger partial charge in [-0.15, -0.1) is 0 Å². The molecular formula is C6H11O4U-. The third-order valence-corrected chi connectivity index (χ3v) is 1.56. The van der Waals surface area contributed by atoms with Crippen LogP contribution in [0.15, 0.2) is 0 Å². The quantitative estimate of drug-likeness (QED) is 0.594. The minimum atomic E-state index is -0.741. The molecule has 4 nitrogen and oxygen atoms in total. The van der Waals surface area contributed by atoms with E-state index in [0.717, 1.165) is 0 Å². The van der Waals surface area contributed by atoms with Crippen LogP contribution in [0.4, 0.5) is 0 Å². The van der Waals surface area contributed by atoms with Crippen molar-refractivity contribution >= 4 is 0 Å². The van der Waals surface area contributed by atoms with Gasteiger partial charge in [-0.3, -0.25) is 0 Å². The molecule has 0 saturated carbocycles. The van der Waals surface area contributed by atoms with Crippen molar-refractivity contribution in [1.82, 2.24) is 0 Å². The Hall–Kier alpha value is 0.892. The Balaban J connectivity index is 0.000001000. The summed E-state index contributed by atoms with van der Waals surface area (Å²) < 4.78 is 9.68. The predicted octanol–water partition coefficient (Wildman–Crippen LogP) is -1.08. The fourth-order valence-corrected chi connectivity index (χ4v) is 0.897. The van der Waals surface area contributed by atoms with Crippen LogP contribution in [0, 0.1) is 37.7 Å². The largest absolute Gasteiger partial charge is 0.544 e. The smallest absolute Gasteiger partial charge is 0.0796 e. The first-order chi connectivity index (χ1) is 4.79. The van der Waals surface area contributed by atoms with Gasteiger partial charge < -0.3 is 19.7 Å². The Labute approximate surface area is 89.3 Å². The number of methoxy groups -OCH3 is 1. The molecule has 0 bridgehead atoms. The van der Waals surface area contributed by atoms with Crippen LogP contribution in [-0.2, 0) is 9.47 Å². The first-order valence-corrected chi connectivity index (χ1v) is 3.10. The molecule has 0 radical (unpaired) electrons. The number of aliphatic hydroxyl groups is 2. The summed E-state index contributed by atoms with van der Waals surface area (Å²) >= 11 is 0. The molecule has 1 aliphatic heterocycles. The van der Waals surface area contributed by atoms with E-state index in [9.17, 15) is 5.11 Å². The standard InChI is InChI=1S/C6H11O4.U/c1-9-5-3-10-4(2-7)6(5)8;/h3-8H,2H2,1H3;/q-1;. The summed E-state index contributed by atoms with van der Waals surface area (Å²) in [5.41, 5.74) is 0. The van der Waals surface area contributed by atoms with Crippen molar-refractivity contribution in [1.29, 1.82) is 0 Å². The van der Waals surface area contributed by atoms with E-state index < -0.39 is 18.3 Å². The van der Waals surface area contributed by atoms with Gasteiger partial charge in [0.15, 0.2) is 0 Å². The second-order valence-corrected chi connectivity index (χ2v) is 2.18. The Morgan fingerprint density at radius 3 is 2.55 bits per heavy atom. The van der Waals surface area contributed by atoms with Crippen molar-refractivity contribution in [3.8, 4) is 0 Å². The summed E-state index contributed by atoms with van der Waals surface area (Å²) in [6.07, 6.45) is -1.67. The normalized spacial score (nSPS) is 36.8. The van der Waals surface area contributed by atoms with E-state index >= 15 is 0 Å². The van der Waals surface area contributed by atoms with Crippen molar-refractivity contribution in [2.24, 2.45) is 0 Å². The maximum atomic E-state index is 9.21. The van der Waals surface area contributed by atoms with Crippen LogP contribution in [0.3, 0.4) is 0 Å². The molecule has 1 fully saturated rings. The van der Waals surface area contributed by atoms with E-state index in [2.05, 4.69) is 0 Å². The molecule has 1 saturated heterocycles. The maximum absolute atomic E-state index is 9.21.